The lowest BCUT2D eigenvalue weighted by atomic mass is 9.81. The molecule has 15 heavy (non-hydrogen) atoms. The molecule has 4 nitrogen and oxygen atoms in total. The molecule has 0 aromatic carbocycles. The summed E-state index contributed by atoms with van der Waals surface area (Å²) in [4.78, 5) is 2.41. The van der Waals surface area contributed by atoms with E-state index in [1.165, 1.54) is 6.42 Å². The normalized spacial score (nSPS) is 38.3. The second-order valence-corrected chi connectivity index (χ2v) is 7.61. The molecule has 0 saturated carbocycles. The standard InChI is InChI=1S/C10H18N2O2S/c13-15(14)4-1-9(5-15)12-3-2-10(8-12)6-11-7-10/h9,11H,1-8H2. The van der Waals surface area contributed by atoms with E-state index in [0.29, 0.717) is 23.0 Å². The molecule has 3 aliphatic heterocycles. The fourth-order valence-corrected chi connectivity index (χ4v) is 4.87. The molecule has 0 aliphatic carbocycles. The Morgan fingerprint density at radius 1 is 1.33 bits per heavy atom. The van der Waals surface area contributed by atoms with E-state index in [9.17, 15) is 8.42 Å². The average molecular weight is 230 g/mol. The number of nitrogens with zero attached hydrogens (tertiary/aromatic N) is 1. The van der Waals surface area contributed by atoms with E-state index in [-0.39, 0.29) is 0 Å². The molecule has 0 radical (unpaired) electrons. The molecule has 0 amide bonds. The molecule has 86 valence electrons. The molecule has 0 bridgehead atoms. The first kappa shape index (κ1) is 10.1. The van der Waals surface area contributed by atoms with Gasteiger partial charge in [0.2, 0.25) is 0 Å². The van der Waals surface area contributed by atoms with E-state index >= 15 is 0 Å². The number of nitrogens with one attached hydrogen (secondary N) is 1. The smallest absolute Gasteiger partial charge is 0.151 e. The minimum atomic E-state index is -2.72. The van der Waals surface area contributed by atoms with Gasteiger partial charge in [-0.25, -0.2) is 8.42 Å². The van der Waals surface area contributed by atoms with Gasteiger partial charge in [-0.15, -0.1) is 0 Å². The Kier molecular flexibility index (Phi) is 2.13. The topological polar surface area (TPSA) is 49.4 Å². The SMILES string of the molecule is O=S1(=O)CCC(N2CCC3(CNC3)C2)C1. The lowest BCUT2D eigenvalue weighted by Gasteiger charge is -2.39. The molecule has 3 fully saturated rings. The minimum absolute atomic E-state index is 0.315. The van der Waals surface area contributed by atoms with Crippen LogP contribution in [0, 0.1) is 5.41 Å². The van der Waals surface area contributed by atoms with Crippen molar-refractivity contribution in [2.45, 2.75) is 18.9 Å². The van der Waals surface area contributed by atoms with E-state index in [1.807, 2.05) is 0 Å². The Balaban J connectivity index is 1.65. The van der Waals surface area contributed by atoms with Crippen LogP contribution in [0.1, 0.15) is 12.8 Å². The second kappa shape index (κ2) is 3.18. The van der Waals surface area contributed by atoms with Crippen LogP contribution in [0.4, 0.5) is 0 Å². The number of rotatable bonds is 1. The maximum Gasteiger partial charge on any atom is 0.151 e. The highest BCUT2D eigenvalue weighted by Crippen LogP contribution is 2.36. The summed E-state index contributed by atoms with van der Waals surface area (Å²) in [6.07, 6.45) is 2.10. The summed E-state index contributed by atoms with van der Waals surface area (Å²) >= 11 is 0. The zero-order valence-electron chi connectivity index (χ0n) is 8.91. The van der Waals surface area contributed by atoms with Crippen LogP contribution in [-0.4, -0.2) is 57.0 Å². The van der Waals surface area contributed by atoms with Gasteiger partial charge in [-0.05, 0) is 19.4 Å². The van der Waals surface area contributed by atoms with Crippen molar-refractivity contribution in [2.24, 2.45) is 5.41 Å². The molecular weight excluding hydrogens is 212 g/mol. The molecule has 3 aliphatic rings. The Labute approximate surface area is 90.9 Å². The van der Waals surface area contributed by atoms with Crippen molar-refractivity contribution in [3.05, 3.63) is 0 Å². The van der Waals surface area contributed by atoms with Crippen LogP contribution in [0.2, 0.25) is 0 Å². The van der Waals surface area contributed by atoms with Crippen molar-refractivity contribution in [2.75, 3.05) is 37.7 Å². The molecule has 1 unspecified atom stereocenters. The van der Waals surface area contributed by atoms with E-state index in [2.05, 4.69) is 10.2 Å². The van der Waals surface area contributed by atoms with Gasteiger partial charge in [-0.2, -0.15) is 0 Å². The summed E-state index contributed by atoms with van der Waals surface area (Å²) in [6.45, 7) is 4.47. The summed E-state index contributed by atoms with van der Waals surface area (Å²) in [7, 11) is -2.72. The maximum atomic E-state index is 11.4. The maximum absolute atomic E-state index is 11.4. The number of sulfone groups is 1. The Bertz CT molecular complexity index is 362. The monoisotopic (exact) mass is 230 g/mol. The number of hydrogen-bond donors (Lipinski definition) is 1. The second-order valence-electron chi connectivity index (χ2n) is 5.38. The van der Waals surface area contributed by atoms with Crippen molar-refractivity contribution < 1.29 is 8.42 Å². The summed E-state index contributed by atoms with van der Waals surface area (Å²) < 4.78 is 22.8. The van der Waals surface area contributed by atoms with Gasteiger partial charge in [0.05, 0.1) is 11.5 Å². The van der Waals surface area contributed by atoms with Gasteiger partial charge in [-0.3, -0.25) is 4.90 Å². The zero-order chi connectivity index (χ0) is 10.5. The third-order valence-electron chi connectivity index (χ3n) is 4.19. The predicted molar refractivity (Wildman–Crippen MR) is 58.6 cm³/mol. The summed E-state index contributed by atoms with van der Waals surface area (Å²) in [5, 5.41) is 3.33. The molecule has 0 aromatic heterocycles. The molecule has 3 heterocycles. The fourth-order valence-electron chi connectivity index (χ4n) is 3.11. The van der Waals surface area contributed by atoms with Gasteiger partial charge < -0.3 is 5.32 Å². The van der Waals surface area contributed by atoms with Crippen LogP contribution in [-0.2, 0) is 9.84 Å². The van der Waals surface area contributed by atoms with Gasteiger partial charge in [0.1, 0.15) is 0 Å². The first-order valence-corrected chi connectivity index (χ1v) is 7.56. The summed E-state index contributed by atoms with van der Waals surface area (Å²) in [6, 6.07) is 0.315. The third kappa shape index (κ3) is 1.70. The third-order valence-corrected chi connectivity index (χ3v) is 5.94. The Hall–Kier alpha value is -0.130. The predicted octanol–water partition coefficient (Wildman–Crippen LogP) is -0.531. The van der Waals surface area contributed by atoms with Gasteiger partial charge in [0, 0.05) is 31.1 Å². The number of likely N-dealkylation sites (tertiary alicyclic amines) is 1. The summed E-state index contributed by atoms with van der Waals surface area (Å²) in [5.41, 5.74) is 0.492. The first-order chi connectivity index (χ1) is 7.09. The van der Waals surface area contributed by atoms with Crippen molar-refractivity contribution in [3.8, 4) is 0 Å². The zero-order valence-corrected chi connectivity index (χ0v) is 9.72. The molecule has 3 saturated heterocycles. The molecular formula is C10H18N2O2S. The van der Waals surface area contributed by atoms with Crippen LogP contribution < -0.4 is 5.32 Å². The Morgan fingerprint density at radius 3 is 2.60 bits per heavy atom. The molecule has 1 atom stereocenters. The van der Waals surface area contributed by atoms with Crippen molar-refractivity contribution >= 4 is 9.84 Å². The van der Waals surface area contributed by atoms with Crippen molar-refractivity contribution in [3.63, 3.8) is 0 Å². The van der Waals surface area contributed by atoms with Gasteiger partial charge >= 0.3 is 0 Å². The highest BCUT2D eigenvalue weighted by molar-refractivity contribution is 7.91. The van der Waals surface area contributed by atoms with Crippen LogP contribution in [0.5, 0.6) is 0 Å². The first-order valence-electron chi connectivity index (χ1n) is 5.74. The highest BCUT2D eigenvalue weighted by atomic mass is 32.2. The number of hydrogen-bond acceptors (Lipinski definition) is 4. The van der Waals surface area contributed by atoms with Crippen LogP contribution in [0.3, 0.4) is 0 Å². The average Bonchev–Trinajstić information content (AvgIpc) is 2.66. The van der Waals surface area contributed by atoms with Gasteiger partial charge in [0.25, 0.3) is 0 Å². The quantitative estimate of drug-likeness (QED) is 0.658. The van der Waals surface area contributed by atoms with Crippen LogP contribution in [0.25, 0.3) is 0 Å². The van der Waals surface area contributed by atoms with Crippen molar-refractivity contribution in [1.82, 2.24) is 10.2 Å². The highest BCUT2D eigenvalue weighted by Gasteiger charge is 2.46. The van der Waals surface area contributed by atoms with E-state index < -0.39 is 9.84 Å². The van der Waals surface area contributed by atoms with Gasteiger partial charge in [0.15, 0.2) is 9.84 Å². The Morgan fingerprint density at radius 2 is 2.13 bits per heavy atom. The van der Waals surface area contributed by atoms with E-state index in [0.717, 1.165) is 32.6 Å². The molecule has 1 N–H and O–H groups in total. The molecule has 3 rings (SSSR count). The van der Waals surface area contributed by atoms with Crippen molar-refractivity contribution in [1.29, 1.82) is 0 Å². The largest absolute Gasteiger partial charge is 0.315 e. The lowest BCUT2D eigenvalue weighted by molar-refractivity contribution is 0.154. The van der Waals surface area contributed by atoms with Crippen LogP contribution in [0.15, 0.2) is 0 Å². The lowest BCUT2D eigenvalue weighted by Crippen LogP contribution is -2.55. The van der Waals surface area contributed by atoms with Crippen LogP contribution >= 0.6 is 0 Å². The fraction of sp³-hybridized carbons (Fsp3) is 1.00. The molecule has 1 spiro atoms. The summed E-state index contributed by atoms with van der Waals surface area (Å²) in [5.74, 6) is 0.802. The van der Waals surface area contributed by atoms with Gasteiger partial charge in [-0.1, -0.05) is 0 Å². The van der Waals surface area contributed by atoms with E-state index in [1.54, 1.807) is 0 Å². The molecule has 0 aromatic rings. The van der Waals surface area contributed by atoms with E-state index in [4.69, 9.17) is 0 Å². The molecule has 5 heteroatoms. The minimum Gasteiger partial charge on any atom is -0.315 e.